The summed E-state index contributed by atoms with van der Waals surface area (Å²) in [4.78, 5) is 36.9. The summed E-state index contributed by atoms with van der Waals surface area (Å²) in [5, 5.41) is 6.21. The van der Waals surface area contributed by atoms with E-state index in [0.29, 0.717) is 121 Å². The molecule has 12 nitrogen and oxygen atoms in total. The molecule has 0 heterocycles. The summed E-state index contributed by atoms with van der Waals surface area (Å²) in [5.41, 5.74) is 11.8. The molecule has 0 atom stereocenters. The zero-order valence-corrected chi connectivity index (χ0v) is 29.8. The Kier molecular flexibility index (Phi) is 27.3. The van der Waals surface area contributed by atoms with E-state index in [0.717, 1.165) is 11.3 Å². The summed E-state index contributed by atoms with van der Waals surface area (Å²) in [5.74, 6) is 2.06. The Bertz CT molecular complexity index is 894. The van der Waals surface area contributed by atoms with Gasteiger partial charge < -0.3 is 45.8 Å². The van der Waals surface area contributed by atoms with Crippen LogP contribution in [0.3, 0.4) is 0 Å². The lowest BCUT2D eigenvalue weighted by molar-refractivity contribution is -0.134. The molecule has 15 heteroatoms. The molecule has 2 amide bonds. The second-order valence-electron chi connectivity index (χ2n) is 10.0. The average Bonchev–Trinajstić information content (AvgIpc) is 3.03. The van der Waals surface area contributed by atoms with Gasteiger partial charge in [0, 0.05) is 56.3 Å². The van der Waals surface area contributed by atoms with Crippen molar-refractivity contribution in [3.05, 3.63) is 29.8 Å². The molecule has 0 spiro atoms. The highest BCUT2D eigenvalue weighted by atomic mass is 32.2. The Morgan fingerprint density at radius 1 is 0.652 bits per heavy atom. The first-order valence-electron chi connectivity index (χ1n) is 15.8. The molecule has 0 aromatic heterocycles. The molecule has 1 aromatic rings. The quantitative estimate of drug-likeness (QED) is 0.0398. The zero-order chi connectivity index (χ0) is 33.7. The summed E-state index contributed by atoms with van der Waals surface area (Å²) in [6.45, 7) is 9.69. The second-order valence-corrected chi connectivity index (χ2v) is 14.4. The number of benzene rings is 1. The van der Waals surface area contributed by atoms with E-state index < -0.39 is 0 Å². The van der Waals surface area contributed by atoms with E-state index in [1.807, 2.05) is 12.1 Å². The molecule has 1 aromatic carbocycles. The minimum Gasteiger partial charge on any atom is -0.427 e. The zero-order valence-electron chi connectivity index (χ0n) is 27.3. The summed E-state index contributed by atoms with van der Waals surface area (Å²) in [7, 11) is 0. The molecule has 46 heavy (non-hydrogen) atoms. The summed E-state index contributed by atoms with van der Waals surface area (Å²) in [6, 6.07) is 7.44. The van der Waals surface area contributed by atoms with Gasteiger partial charge in [-0.2, -0.15) is 11.8 Å². The van der Waals surface area contributed by atoms with Gasteiger partial charge >= 0.3 is 5.97 Å². The van der Waals surface area contributed by atoms with Crippen LogP contribution in [0.15, 0.2) is 24.3 Å². The molecular formula is C31H54N4O8S3. The molecule has 0 radical (unpaired) electrons. The molecule has 0 unspecified atom stereocenters. The number of amides is 2. The molecular weight excluding hydrogens is 653 g/mol. The normalized spacial score (nSPS) is 11.3. The highest BCUT2D eigenvalue weighted by Crippen LogP contribution is 2.40. The van der Waals surface area contributed by atoms with Gasteiger partial charge in [0.2, 0.25) is 11.8 Å². The molecule has 0 saturated heterocycles. The van der Waals surface area contributed by atoms with Crippen LogP contribution in [0.4, 0.5) is 0 Å². The Morgan fingerprint density at radius 3 is 1.57 bits per heavy atom. The van der Waals surface area contributed by atoms with Crippen LogP contribution in [0.25, 0.3) is 0 Å². The molecule has 6 N–H and O–H groups in total. The van der Waals surface area contributed by atoms with Crippen molar-refractivity contribution in [2.24, 2.45) is 11.5 Å². The SMILES string of the molecule is CC(C)SCCC(=O)Oc1ccc(C(SCCC(=O)NCCOCCOCCN)SCCC(=O)NCCOCCOCCN)cc1. The number of hydrogen-bond acceptors (Lipinski definition) is 13. The van der Waals surface area contributed by atoms with Gasteiger partial charge in [-0.3, -0.25) is 14.4 Å². The van der Waals surface area contributed by atoms with Gasteiger partial charge in [0.1, 0.15) is 5.75 Å². The maximum atomic E-state index is 12.4. The predicted octanol–water partition coefficient (Wildman–Crippen LogP) is 2.59. The Balaban J connectivity index is 2.51. The number of carbonyl (C=O) groups excluding carboxylic acids is 3. The van der Waals surface area contributed by atoms with E-state index in [4.69, 9.17) is 35.2 Å². The minimum absolute atomic E-state index is 0.0125. The molecule has 0 aliphatic carbocycles. The van der Waals surface area contributed by atoms with Gasteiger partial charge in [-0.05, 0) is 22.9 Å². The molecule has 264 valence electrons. The lowest BCUT2D eigenvalue weighted by Gasteiger charge is -2.17. The maximum Gasteiger partial charge on any atom is 0.312 e. The summed E-state index contributed by atoms with van der Waals surface area (Å²) in [6.07, 6.45) is 1.06. The second kappa shape index (κ2) is 29.6. The third-order valence-electron chi connectivity index (χ3n) is 5.74. The number of hydrogen-bond donors (Lipinski definition) is 4. The number of nitrogens with two attached hydrogens (primary N) is 2. The Morgan fingerprint density at radius 2 is 1.11 bits per heavy atom. The van der Waals surface area contributed by atoms with Crippen LogP contribution in [0.5, 0.6) is 5.75 Å². The van der Waals surface area contributed by atoms with Crippen LogP contribution < -0.4 is 26.8 Å². The number of carbonyl (C=O) groups is 3. The lowest BCUT2D eigenvalue weighted by Crippen LogP contribution is -2.28. The first-order chi connectivity index (χ1) is 22.3. The van der Waals surface area contributed by atoms with E-state index in [-0.39, 0.29) is 22.4 Å². The third-order valence-corrected chi connectivity index (χ3v) is 9.70. The van der Waals surface area contributed by atoms with Crippen molar-refractivity contribution < 1.29 is 38.1 Å². The van der Waals surface area contributed by atoms with Gasteiger partial charge in [0.15, 0.2) is 0 Å². The van der Waals surface area contributed by atoms with Crippen LogP contribution in [0.2, 0.25) is 0 Å². The Hall–Kier alpha value is -1.56. The highest BCUT2D eigenvalue weighted by molar-refractivity contribution is 8.16. The molecule has 0 fully saturated rings. The molecule has 0 aliphatic rings. The van der Waals surface area contributed by atoms with Crippen molar-refractivity contribution in [3.63, 3.8) is 0 Å². The van der Waals surface area contributed by atoms with Gasteiger partial charge in [0.25, 0.3) is 0 Å². The number of nitrogens with one attached hydrogen (secondary N) is 2. The van der Waals surface area contributed by atoms with Gasteiger partial charge in [-0.1, -0.05) is 26.0 Å². The predicted molar refractivity (Wildman–Crippen MR) is 189 cm³/mol. The van der Waals surface area contributed by atoms with Crippen molar-refractivity contribution in [3.8, 4) is 5.75 Å². The first-order valence-corrected chi connectivity index (χ1v) is 18.9. The van der Waals surface area contributed by atoms with E-state index in [9.17, 15) is 14.4 Å². The van der Waals surface area contributed by atoms with E-state index >= 15 is 0 Å². The minimum atomic E-state index is -0.256. The third kappa shape index (κ3) is 24.6. The fraction of sp³-hybridized carbons (Fsp3) is 0.710. The fourth-order valence-corrected chi connectivity index (χ4v) is 6.98. The van der Waals surface area contributed by atoms with Crippen LogP contribution in [-0.4, -0.2) is 119 Å². The van der Waals surface area contributed by atoms with Gasteiger partial charge in [-0.25, -0.2) is 0 Å². The summed E-state index contributed by atoms with van der Waals surface area (Å²) < 4.78 is 26.9. The molecule has 1 rings (SSSR count). The standard InChI is InChI=1S/C31H54N4O8S3/c1-25(2)44-24-9-30(38)43-27-5-3-26(4-6-27)31(45-22-7-28(36)34-12-16-41-20-18-39-14-10-32)46-23-8-29(37)35-13-17-42-21-19-40-15-11-33/h3-6,25,31H,7-24,32-33H2,1-2H3,(H,34,36)(H,35,37). The number of ether oxygens (including phenoxy) is 5. The maximum absolute atomic E-state index is 12.4. The van der Waals surface area contributed by atoms with E-state index in [2.05, 4.69) is 24.5 Å². The number of thioether (sulfide) groups is 3. The van der Waals surface area contributed by atoms with Crippen molar-refractivity contribution in [1.82, 2.24) is 10.6 Å². The summed E-state index contributed by atoms with van der Waals surface area (Å²) >= 11 is 5.00. The highest BCUT2D eigenvalue weighted by Gasteiger charge is 2.16. The molecule has 0 saturated carbocycles. The fourth-order valence-electron chi connectivity index (χ4n) is 3.52. The van der Waals surface area contributed by atoms with Crippen LogP contribution >= 0.6 is 35.3 Å². The van der Waals surface area contributed by atoms with Crippen molar-refractivity contribution in [2.45, 2.75) is 42.9 Å². The number of rotatable bonds is 30. The Labute approximate surface area is 287 Å². The smallest absolute Gasteiger partial charge is 0.312 e. The lowest BCUT2D eigenvalue weighted by atomic mass is 10.2. The number of esters is 1. The van der Waals surface area contributed by atoms with E-state index in [1.54, 1.807) is 47.4 Å². The van der Waals surface area contributed by atoms with Crippen molar-refractivity contribution in [1.29, 1.82) is 0 Å². The average molecular weight is 707 g/mol. The van der Waals surface area contributed by atoms with E-state index in [1.165, 1.54) is 0 Å². The van der Waals surface area contributed by atoms with Crippen molar-refractivity contribution >= 4 is 53.1 Å². The molecule has 0 aliphatic heterocycles. The van der Waals surface area contributed by atoms with Gasteiger partial charge in [-0.15, -0.1) is 23.5 Å². The monoisotopic (exact) mass is 706 g/mol. The van der Waals surface area contributed by atoms with Gasteiger partial charge in [0.05, 0.1) is 63.9 Å². The van der Waals surface area contributed by atoms with Crippen molar-refractivity contribution in [2.75, 3.05) is 96.3 Å². The largest absolute Gasteiger partial charge is 0.427 e. The van der Waals surface area contributed by atoms with Crippen LogP contribution in [0, 0.1) is 0 Å². The van der Waals surface area contributed by atoms with Crippen LogP contribution in [-0.2, 0) is 33.3 Å². The molecule has 0 bridgehead atoms. The first kappa shape index (κ1) is 42.5. The topological polar surface area (TPSA) is 173 Å². The van der Waals surface area contributed by atoms with Crippen LogP contribution in [0.1, 0.15) is 43.3 Å².